The van der Waals surface area contributed by atoms with Gasteiger partial charge in [0.05, 0.1) is 5.38 Å². The molecule has 62 valence electrons. The maximum atomic E-state index is 5.90. The van der Waals surface area contributed by atoms with Crippen LogP contribution >= 0.6 is 11.6 Å². The summed E-state index contributed by atoms with van der Waals surface area (Å²) in [7, 11) is 0. The molecule has 2 nitrogen and oxygen atoms in total. The average Bonchev–Trinajstić information content (AvgIpc) is 2.36. The fourth-order valence-electron chi connectivity index (χ4n) is 1.10. The fourth-order valence-corrected chi connectivity index (χ4v) is 1.28. The van der Waals surface area contributed by atoms with Gasteiger partial charge in [-0.3, -0.25) is 0 Å². The molecule has 0 aliphatic heterocycles. The van der Waals surface area contributed by atoms with Crippen molar-refractivity contribution in [2.45, 2.75) is 32.2 Å². The first-order valence-electron chi connectivity index (χ1n) is 3.90. The second kappa shape index (κ2) is 3.77. The molecule has 1 unspecified atom stereocenters. The van der Waals surface area contributed by atoms with Gasteiger partial charge in [-0.25, -0.2) is 4.98 Å². The van der Waals surface area contributed by atoms with Gasteiger partial charge in [-0.2, -0.15) is 0 Å². The average molecular weight is 173 g/mol. The van der Waals surface area contributed by atoms with Crippen molar-refractivity contribution >= 4 is 11.6 Å². The molecule has 11 heavy (non-hydrogen) atoms. The van der Waals surface area contributed by atoms with Gasteiger partial charge in [0, 0.05) is 18.9 Å². The number of aromatic nitrogens is 2. The zero-order valence-corrected chi connectivity index (χ0v) is 7.67. The quantitative estimate of drug-likeness (QED) is 0.641. The van der Waals surface area contributed by atoms with Crippen LogP contribution in [0, 0.1) is 0 Å². The number of imidazole rings is 1. The molecule has 3 heteroatoms. The largest absolute Gasteiger partial charge is 0.334 e. The lowest BCUT2D eigenvalue weighted by Gasteiger charge is -2.06. The molecule has 1 atom stereocenters. The highest BCUT2D eigenvalue weighted by molar-refractivity contribution is 6.20. The number of alkyl halides is 1. The van der Waals surface area contributed by atoms with Crippen LogP contribution in [0.2, 0.25) is 0 Å². The van der Waals surface area contributed by atoms with Crippen LogP contribution in [0.5, 0.6) is 0 Å². The van der Waals surface area contributed by atoms with Gasteiger partial charge in [0.2, 0.25) is 0 Å². The van der Waals surface area contributed by atoms with E-state index in [1.165, 1.54) is 0 Å². The molecule has 0 aliphatic rings. The summed E-state index contributed by atoms with van der Waals surface area (Å²) in [6.45, 7) is 5.09. The van der Waals surface area contributed by atoms with Crippen LogP contribution in [-0.4, -0.2) is 9.55 Å². The standard InChI is InChI=1S/C8H13ClN2/c1-3-5-11-6-4-10-8(11)7(2)9/h4,6-7H,3,5H2,1-2H3. The Kier molecular flexibility index (Phi) is 2.94. The van der Waals surface area contributed by atoms with E-state index < -0.39 is 0 Å². The summed E-state index contributed by atoms with van der Waals surface area (Å²) in [5.41, 5.74) is 0. The minimum Gasteiger partial charge on any atom is -0.334 e. The molecule has 0 aliphatic carbocycles. The predicted octanol–water partition coefficient (Wildman–Crippen LogP) is 2.59. The van der Waals surface area contributed by atoms with Crippen LogP contribution in [0.3, 0.4) is 0 Å². The van der Waals surface area contributed by atoms with Crippen LogP contribution < -0.4 is 0 Å². The molecule has 0 spiro atoms. The second-order valence-electron chi connectivity index (χ2n) is 2.59. The third-order valence-electron chi connectivity index (χ3n) is 1.57. The van der Waals surface area contributed by atoms with E-state index in [4.69, 9.17) is 11.6 Å². The lowest BCUT2D eigenvalue weighted by molar-refractivity contribution is 0.638. The van der Waals surface area contributed by atoms with Gasteiger partial charge >= 0.3 is 0 Å². The number of rotatable bonds is 3. The SMILES string of the molecule is CCCn1ccnc1C(C)Cl. The summed E-state index contributed by atoms with van der Waals surface area (Å²) in [4.78, 5) is 4.17. The van der Waals surface area contributed by atoms with E-state index in [2.05, 4.69) is 16.5 Å². The summed E-state index contributed by atoms with van der Waals surface area (Å²) in [6, 6.07) is 0. The van der Waals surface area contributed by atoms with Crippen LogP contribution in [0.1, 0.15) is 31.5 Å². The van der Waals surface area contributed by atoms with Gasteiger partial charge in [0.25, 0.3) is 0 Å². The van der Waals surface area contributed by atoms with Crippen LogP contribution in [-0.2, 0) is 6.54 Å². The van der Waals surface area contributed by atoms with Gasteiger partial charge in [-0.15, -0.1) is 11.6 Å². The highest BCUT2D eigenvalue weighted by Gasteiger charge is 2.06. The molecule has 1 heterocycles. The minimum absolute atomic E-state index is 0.0107. The van der Waals surface area contributed by atoms with Crippen molar-refractivity contribution in [2.24, 2.45) is 0 Å². The molecular formula is C8H13ClN2. The Bertz CT molecular complexity index is 218. The van der Waals surface area contributed by atoms with Gasteiger partial charge in [-0.1, -0.05) is 6.92 Å². The number of halogens is 1. The van der Waals surface area contributed by atoms with Crippen LogP contribution in [0.15, 0.2) is 12.4 Å². The molecular weight excluding hydrogens is 160 g/mol. The minimum atomic E-state index is 0.0107. The van der Waals surface area contributed by atoms with Gasteiger partial charge in [0.1, 0.15) is 5.82 Å². The van der Waals surface area contributed by atoms with Crippen molar-refractivity contribution in [1.29, 1.82) is 0 Å². The van der Waals surface area contributed by atoms with E-state index in [1.54, 1.807) is 6.20 Å². The first-order valence-corrected chi connectivity index (χ1v) is 4.34. The lowest BCUT2D eigenvalue weighted by Crippen LogP contribution is -2.02. The summed E-state index contributed by atoms with van der Waals surface area (Å²) < 4.78 is 2.09. The van der Waals surface area contributed by atoms with Crippen molar-refractivity contribution < 1.29 is 0 Å². The monoisotopic (exact) mass is 172 g/mol. The summed E-state index contributed by atoms with van der Waals surface area (Å²) in [5.74, 6) is 0.966. The Morgan fingerprint density at radius 2 is 2.45 bits per heavy atom. The van der Waals surface area contributed by atoms with Crippen LogP contribution in [0.4, 0.5) is 0 Å². The van der Waals surface area contributed by atoms with E-state index in [0.29, 0.717) is 0 Å². The van der Waals surface area contributed by atoms with E-state index in [-0.39, 0.29) is 5.38 Å². The molecule has 1 aromatic rings. The normalized spacial score (nSPS) is 13.4. The highest BCUT2D eigenvalue weighted by atomic mass is 35.5. The molecule has 0 fully saturated rings. The molecule has 1 aromatic heterocycles. The first-order chi connectivity index (χ1) is 5.25. The Balaban J connectivity index is 2.78. The zero-order chi connectivity index (χ0) is 8.27. The number of nitrogens with zero attached hydrogens (tertiary/aromatic N) is 2. The molecule has 0 N–H and O–H groups in total. The van der Waals surface area contributed by atoms with Crippen molar-refractivity contribution in [1.82, 2.24) is 9.55 Å². The first kappa shape index (κ1) is 8.60. The maximum Gasteiger partial charge on any atom is 0.126 e. The Morgan fingerprint density at radius 3 is 3.00 bits per heavy atom. The second-order valence-corrected chi connectivity index (χ2v) is 3.25. The third-order valence-corrected chi connectivity index (χ3v) is 1.76. The summed E-state index contributed by atoms with van der Waals surface area (Å²) in [6.07, 6.45) is 4.88. The van der Waals surface area contributed by atoms with Crippen molar-refractivity contribution in [3.8, 4) is 0 Å². The van der Waals surface area contributed by atoms with E-state index in [1.807, 2.05) is 13.1 Å². The highest BCUT2D eigenvalue weighted by Crippen LogP contribution is 2.16. The Morgan fingerprint density at radius 1 is 1.73 bits per heavy atom. The van der Waals surface area contributed by atoms with E-state index in [9.17, 15) is 0 Å². The molecule has 1 rings (SSSR count). The number of aryl methyl sites for hydroxylation is 1. The van der Waals surface area contributed by atoms with Gasteiger partial charge < -0.3 is 4.57 Å². The predicted molar refractivity (Wildman–Crippen MR) is 46.8 cm³/mol. The summed E-state index contributed by atoms with van der Waals surface area (Å²) in [5, 5.41) is 0.0107. The van der Waals surface area contributed by atoms with Gasteiger partial charge in [-0.05, 0) is 13.3 Å². The van der Waals surface area contributed by atoms with Crippen molar-refractivity contribution in [3.63, 3.8) is 0 Å². The third kappa shape index (κ3) is 1.96. The summed E-state index contributed by atoms with van der Waals surface area (Å²) >= 11 is 5.90. The molecule has 0 radical (unpaired) electrons. The van der Waals surface area contributed by atoms with E-state index in [0.717, 1.165) is 18.8 Å². The molecule has 0 bridgehead atoms. The lowest BCUT2D eigenvalue weighted by atomic mass is 10.4. The number of hydrogen-bond donors (Lipinski definition) is 0. The Labute approximate surface area is 72.2 Å². The topological polar surface area (TPSA) is 17.8 Å². The van der Waals surface area contributed by atoms with Crippen molar-refractivity contribution in [2.75, 3.05) is 0 Å². The molecule has 0 saturated carbocycles. The fraction of sp³-hybridized carbons (Fsp3) is 0.625. The Hall–Kier alpha value is -0.500. The molecule has 0 aromatic carbocycles. The van der Waals surface area contributed by atoms with Gasteiger partial charge in [0.15, 0.2) is 0 Å². The zero-order valence-electron chi connectivity index (χ0n) is 6.92. The van der Waals surface area contributed by atoms with Crippen molar-refractivity contribution in [3.05, 3.63) is 18.2 Å². The number of hydrogen-bond acceptors (Lipinski definition) is 1. The van der Waals surface area contributed by atoms with Crippen LogP contribution in [0.25, 0.3) is 0 Å². The smallest absolute Gasteiger partial charge is 0.126 e. The van der Waals surface area contributed by atoms with E-state index >= 15 is 0 Å². The molecule has 0 amide bonds. The molecule has 0 saturated heterocycles. The maximum absolute atomic E-state index is 5.90.